The monoisotopic (exact) mass is 402 g/mol. The first-order valence-corrected chi connectivity index (χ1v) is 11.3. The standard InChI is InChI=1S/C22H34N4OS/c1-14(2)10-17-13-28-20-18(17)19(24-15(3)25-20)26-9-7-8-16(12-26)11-23-21(27)22(4,5)6/h13-14,16H,7-12H2,1-6H3,(H,23,27). The van der Waals surface area contributed by atoms with Crippen LogP contribution in [0, 0.1) is 24.2 Å². The van der Waals surface area contributed by atoms with E-state index >= 15 is 0 Å². The summed E-state index contributed by atoms with van der Waals surface area (Å²) in [5.41, 5.74) is 1.03. The maximum absolute atomic E-state index is 12.2. The fourth-order valence-electron chi connectivity index (χ4n) is 3.83. The van der Waals surface area contributed by atoms with E-state index in [9.17, 15) is 4.79 Å². The van der Waals surface area contributed by atoms with Gasteiger partial charge in [0.25, 0.3) is 0 Å². The van der Waals surface area contributed by atoms with Crippen molar-refractivity contribution >= 4 is 33.3 Å². The maximum Gasteiger partial charge on any atom is 0.225 e. The third kappa shape index (κ3) is 4.83. The first kappa shape index (κ1) is 21.0. The molecule has 1 unspecified atom stereocenters. The van der Waals surface area contributed by atoms with E-state index in [4.69, 9.17) is 4.98 Å². The maximum atomic E-state index is 12.2. The summed E-state index contributed by atoms with van der Waals surface area (Å²) in [6, 6.07) is 0. The Kier molecular flexibility index (Phi) is 6.28. The van der Waals surface area contributed by atoms with Gasteiger partial charge in [0, 0.05) is 25.0 Å². The number of amides is 1. The molecule has 0 aliphatic carbocycles. The Labute approximate surface area is 172 Å². The summed E-state index contributed by atoms with van der Waals surface area (Å²) in [4.78, 5) is 25.3. The van der Waals surface area contributed by atoms with Gasteiger partial charge in [-0.3, -0.25) is 4.79 Å². The number of carbonyl (C=O) groups is 1. The Bertz CT molecular complexity index is 837. The Morgan fingerprint density at radius 1 is 1.36 bits per heavy atom. The molecule has 1 aliphatic rings. The van der Waals surface area contributed by atoms with Crippen molar-refractivity contribution in [3.63, 3.8) is 0 Å². The van der Waals surface area contributed by atoms with Crippen molar-refractivity contribution < 1.29 is 4.79 Å². The zero-order chi connectivity index (χ0) is 20.5. The van der Waals surface area contributed by atoms with Gasteiger partial charge in [0.1, 0.15) is 16.5 Å². The number of carbonyl (C=O) groups excluding carboxylic acids is 1. The van der Waals surface area contributed by atoms with Gasteiger partial charge < -0.3 is 10.2 Å². The van der Waals surface area contributed by atoms with E-state index in [1.165, 1.54) is 10.9 Å². The number of aromatic nitrogens is 2. The minimum atomic E-state index is -0.341. The predicted octanol–water partition coefficient (Wildman–Crippen LogP) is 4.58. The second kappa shape index (κ2) is 8.36. The molecule has 0 spiro atoms. The van der Waals surface area contributed by atoms with E-state index in [0.29, 0.717) is 11.8 Å². The van der Waals surface area contributed by atoms with Crippen LogP contribution in [-0.2, 0) is 11.2 Å². The highest BCUT2D eigenvalue weighted by Crippen LogP contribution is 2.35. The molecule has 0 saturated carbocycles. The van der Waals surface area contributed by atoms with Crippen LogP contribution in [0.4, 0.5) is 5.82 Å². The minimum absolute atomic E-state index is 0.127. The SMILES string of the molecule is Cc1nc(N2CCCC(CNC(=O)C(C)(C)C)C2)c2c(CC(C)C)csc2n1. The van der Waals surface area contributed by atoms with Gasteiger partial charge in [0.15, 0.2) is 0 Å². The summed E-state index contributed by atoms with van der Waals surface area (Å²) in [7, 11) is 0. The highest BCUT2D eigenvalue weighted by Gasteiger charge is 2.27. The molecule has 2 aromatic rings. The number of anilines is 1. The number of thiophene rings is 1. The van der Waals surface area contributed by atoms with Gasteiger partial charge in [-0.25, -0.2) is 9.97 Å². The molecule has 1 fully saturated rings. The third-order valence-electron chi connectivity index (χ3n) is 5.28. The molecule has 5 nitrogen and oxygen atoms in total. The van der Waals surface area contributed by atoms with Crippen LogP contribution in [0.5, 0.6) is 0 Å². The molecule has 2 aromatic heterocycles. The average Bonchev–Trinajstić information content (AvgIpc) is 3.00. The lowest BCUT2D eigenvalue weighted by molar-refractivity contribution is -0.128. The lowest BCUT2D eigenvalue weighted by Gasteiger charge is -2.34. The Hall–Kier alpha value is -1.69. The van der Waals surface area contributed by atoms with E-state index < -0.39 is 0 Å². The van der Waals surface area contributed by atoms with Crippen LogP contribution in [0.1, 0.15) is 58.8 Å². The lowest BCUT2D eigenvalue weighted by Crippen LogP contribution is -2.43. The smallest absolute Gasteiger partial charge is 0.225 e. The molecule has 154 valence electrons. The van der Waals surface area contributed by atoms with E-state index in [1.54, 1.807) is 11.3 Å². The highest BCUT2D eigenvalue weighted by molar-refractivity contribution is 7.17. The number of nitrogens with one attached hydrogen (secondary N) is 1. The van der Waals surface area contributed by atoms with Gasteiger partial charge in [-0.15, -0.1) is 11.3 Å². The van der Waals surface area contributed by atoms with Crippen LogP contribution < -0.4 is 10.2 Å². The second-order valence-electron chi connectivity index (χ2n) is 9.55. The molecule has 28 heavy (non-hydrogen) atoms. The Balaban J connectivity index is 1.81. The molecule has 0 bridgehead atoms. The van der Waals surface area contributed by atoms with Gasteiger partial charge in [-0.2, -0.15) is 0 Å². The summed E-state index contributed by atoms with van der Waals surface area (Å²) in [6.45, 7) is 15.1. The van der Waals surface area contributed by atoms with Crippen LogP contribution in [0.3, 0.4) is 0 Å². The summed E-state index contributed by atoms with van der Waals surface area (Å²) >= 11 is 1.73. The molecular formula is C22H34N4OS. The number of nitrogens with zero attached hydrogens (tertiary/aromatic N) is 3. The number of aryl methyl sites for hydroxylation is 1. The summed E-state index contributed by atoms with van der Waals surface area (Å²) in [5.74, 6) is 3.11. The van der Waals surface area contributed by atoms with Gasteiger partial charge in [-0.1, -0.05) is 34.6 Å². The van der Waals surface area contributed by atoms with Crippen molar-refractivity contribution in [3.8, 4) is 0 Å². The predicted molar refractivity (Wildman–Crippen MR) is 118 cm³/mol. The molecule has 1 amide bonds. The molecule has 3 rings (SSSR count). The topological polar surface area (TPSA) is 58.1 Å². The Morgan fingerprint density at radius 2 is 2.11 bits per heavy atom. The van der Waals surface area contributed by atoms with E-state index in [0.717, 1.165) is 55.4 Å². The van der Waals surface area contributed by atoms with Gasteiger partial charge in [-0.05, 0) is 49.0 Å². The summed E-state index contributed by atoms with van der Waals surface area (Å²) in [6.07, 6.45) is 3.33. The molecule has 1 atom stereocenters. The van der Waals surface area contributed by atoms with Crippen LogP contribution >= 0.6 is 11.3 Å². The molecular weight excluding hydrogens is 368 g/mol. The van der Waals surface area contributed by atoms with Crippen LogP contribution in [-0.4, -0.2) is 35.5 Å². The minimum Gasteiger partial charge on any atom is -0.356 e. The average molecular weight is 403 g/mol. The van der Waals surface area contributed by atoms with Crippen molar-refractivity contribution in [2.75, 3.05) is 24.5 Å². The normalized spacial score (nSPS) is 18.1. The summed E-state index contributed by atoms with van der Waals surface area (Å²) in [5, 5.41) is 6.65. The van der Waals surface area contributed by atoms with Crippen LogP contribution in [0.25, 0.3) is 10.2 Å². The molecule has 0 aromatic carbocycles. The van der Waals surface area contributed by atoms with Gasteiger partial charge in [0.05, 0.1) is 5.39 Å². The Morgan fingerprint density at radius 3 is 2.79 bits per heavy atom. The van der Waals surface area contributed by atoms with Gasteiger partial charge >= 0.3 is 0 Å². The molecule has 6 heteroatoms. The summed E-state index contributed by atoms with van der Waals surface area (Å²) < 4.78 is 0. The highest BCUT2D eigenvalue weighted by atomic mass is 32.1. The zero-order valence-corrected chi connectivity index (χ0v) is 18.9. The zero-order valence-electron chi connectivity index (χ0n) is 18.1. The van der Waals surface area contributed by atoms with Gasteiger partial charge in [0.2, 0.25) is 5.91 Å². The van der Waals surface area contributed by atoms with E-state index in [2.05, 4.69) is 34.4 Å². The number of rotatable bonds is 5. The van der Waals surface area contributed by atoms with Crippen molar-refractivity contribution in [2.24, 2.45) is 17.3 Å². The van der Waals surface area contributed by atoms with Crippen LogP contribution in [0.2, 0.25) is 0 Å². The van der Waals surface area contributed by atoms with Crippen molar-refractivity contribution in [1.82, 2.24) is 15.3 Å². The fourth-order valence-corrected chi connectivity index (χ4v) is 4.82. The molecule has 1 aliphatic heterocycles. The van der Waals surface area contributed by atoms with Crippen molar-refractivity contribution in [2.45, 2.75) is 60.8 Å². The lowest BCUT2D eigenvalue weighted by atomic mass is 9.94. The van der Waals surface area contributed by atoms with E-state index in [1.807, 2.05) is 27.7 Å². The number of piperidine rings is 1. The molecule has 1 N–H and O–H groups in total. The number of hydrogen-bond donors (Lipinski definition) is 1. The van der Waals surface area contributed by atoms with Crippen molar-refractivity contribution in [3.05, 3.63) is 16.8 Å². The first-order chi connectivity index (χ1) is 13.1. The van der Waals surface area contributed by atoms with E-state index in [-0.39, 0.29) is 11.3 Å². The van der Waals surface area contributed by atoms with Crippen molar-refractivity contribution in [1.29, 1.82) is 0 Å². The molecule has 1 saturated heterocycles. The van der Waals surface area contributed by atoms with Crippen LogP contribution in [0.15, 0.2) is 5.38 Å². The number of fused-ring (bicyclic) bond motifs is 1. The fraction of sp³-hybridized carbons (Fsp3) is 0.682. The molecule has 3 heterocycles. The second-order valence-corrected chi connectivity index (χ2v) is 10.4. The quantitative estimate of drug-likeness (QED) is 0.795. The first-order valence-electron chi connectivity index (χ1n) is 10.4. The largest absolute Gasteiger partial charge is 0.356 e. The molecule has 0 radical (unpaired) electrons. The number of hydrogen-bond acceptors (Lipinski definition) is 5. The third-order valence-corrected chi connectivity index (χ3v) is 6.20.